The Bertz CT molecular complexity index is 672. The molecule has 0 saturated heterocycles. The number of nitrogens with zero attached hydrogens (tertiary/aromatic N) is 2. The van der Waals surface area contributed by atoms with E-state index in [1.807, 2.05) is 0 Å². The first-order valence-electron chi connectivity index (χ1n) is 7.25. The molecule has 1 aromatic heterocycles. The number of hydrogen-bond donors (Lipinski definition) is 1. The first-order valence-corrected chi connectivity index (χ1v) is 8.07. The number of benzene rings is 1. The Morgan fingerprint density at radius 2 is 2.09 bits per heavy atom. The van der Waals surface area contributed by atoms with E-state index in [0.717, 1.165) is 17.8 Å². The third kappa shape index (κ3) is 3.36. The lowest BCUT2D eigenvalue weighted by Crippen LogP contribution is -2.17. The smallest absolute Gasteiger partial charge is 0.206 e. The number of aryl methyl sites for hydroxylation is 1. The average molecular weight is 319 g/mol. The molecule has 1 N–H and O–H groups in total. The van der Waals surface area contributed by atoms with E-state index in [1.165, 1.54) is 11.3 Å². The Kier molecular flexibility index (Phi) is 4.53. The normalized spacial score (nSPS) is 13.0. The topological polar surface area (TPSA) is 73.3 Å². The molecule has 0 bridgehead atoms. The van der Waals surface area contributed by atoms with Crippen molar-refractivity contribution >= 4 is 22.3 Å². The lowest BCUT2D eigenvalue weighted by atomic mass is 10.1. The number of carbonyl (C=O) groups excluding carboxylic acids is 1. The van der Waals surface area contributed by atoms with Gasteiger partial charge >= 0.3 is 0 Å². The predicted octanol–water partition coefficient (Wildman–Crippen LogP) is 2.56. The maximum Gasteiger partial charge on any atom is 0.206 e. The highest BCUT2D eigenvalue weighted by Crippen LogP contribution is 2.30. The molecule has 0 spiro atoms. The van der Waals surface area contributed by atoms with Crippen LogP contribution >= 0.6 is 11.3 Å². The second-order valence-electron chi connectivity index (χ2n) is 4.89. The van der Waals surface area contributed by atoms with Crippen LogP contribution < -0.4 is 14.8 Å². The van der Waals surface area contributed by atoms with Gasteiger partial charge in [-0.15, -0.1) is 10.2 Å². The molecule has 0 atom stereocenters. The summed E-state index contributed by atoms with van der Waals surface area (Å²) in [4.78, 5) is 12.2. The molecule has 0 amide bonds. The van der Waals surface area contributed by atoms with Crippen molar-refractivity contribution in [2.24, 2.45) is 0 Å². The largest absolute Gasteiger partial charge is 0.486 e. The van der Waals surface area contributed by atoms with Crippen LogP contribution in [0, 0.1) is 0 Å². The number of hydrogen-bond acceptors (Lipinski definition) is 7. The van der Waals surface area contributed by atoms with Crippen LogP contribution in [-0.4, -0.2) is 35.7 Å². The van der Waals surface area contributed by atoms with Gasteiger partial charge in [0.05, 0.1) is 6.54 Å². The minimum Gasteiger partial charge on any atom is -0.486 e. The van der Waals surface area contributed by atoms with Gasteiger partial charge in [-0.2, -0.15) is 0 Å². The van der Waals surface area contributed by atoms with Gasteiger partial charge in [0.1, 0.15) is 18.2 Å². The Labute approximate surface area is 132 Å². The SMILES string of the molecule is CCCc1nnc(NCC(=O)c2ccc3c(c2)OCCO3)s1. The monoisotopic (exact) mass is 319 g/mol. The lowest BCUT2D eigenvalue weighted by Gasteiger charge is -2.18. The average Bonchev–Trinajstić information content (AvgIpc) is 3.00. The zero-order chi connectivity index (χ0) is 15.4. The van der Waals surface area contributed by atoms with E-state index >= 15 is 0 Å². The van der Waals surface area contributed by atoms with Gasteiger partial charge in [-0.3, -0.25) is 4.79 Å². The molecule has 22 heavy (non-hydrogen) atoms. The maximum atomic E-state index is 12.2. The highest BCUT2D eigenvalue weighted by Gasteiger charge is 2.15. The minimum atomic E-state index is -0.0239. The molecular formula is C15H17N3O3S. The van der Waals surface area contributed by atoms with Crippen molar-refractivity contribution < 1.29 is 14.3 Å². The number of aromatic nitrogens is 2. The summed E-state index contributed by atoms with van der Waals surface area (Å²) < 4.78 is 10.9. The van der Waals surface area contributed by atoms with Gasteiger partial charge in [-0.05, 0) is 24.6 Å². The van der Waals surface area contributed by atoms with E-state index in [0.29, 0.717) is 35.4 Å². The summed E-state index contributed by atoms with van der Waals surface area (Å²) in [5, 5.41) is 12.8. The molecule has 2 heterocycles. The Morgan fingerprint density at radius 1 is 1.27 bits per heavy atom. The molecule has 2 aromatic rings. The zero-order valence-electron chi connectivity index (χ0n) is 12.3. The number of nitrogens with one attached hydrogen (secondary N) is 1. The summed E-state index contributed by atoms with van der Waals surface area (Å²) in [6, 6.07) is 5.24. The third-order valence-corrected chi connectivity index (χ3v) is 4.14. The minimum absolute atomic E-state index is 0.0239. The van der Waals surface area contributed by atoms with E-state index in [9.17, 15) is 4.79 Å². The number of carbonyl (C=O) groups is 1. The molecule has 0 saturated carbocycles. The van der Waals surface area contributed by atoms with Gasteiger partial charge < -0.3 is 14.8 Å². The second kappa shape index (κ2) is 6.74. The molecule has 7 heteroatoms. The number of ketones is 1. The summed E-state index contributed by atoms with van der Waals surface area (Å²) in [6.45, 7) is 3.33. The van der Waals surface area contributed by atoms with Crippen LogP contribution in [0.15, 0.2) is 18.2 Å². The Hall–Kier alpha value is -2.15. The first kappa shape index (κ1) is 14.8. The molecule has 116 valence electrons. The van der Waals surface area contributed by atoms with E-state index in [-0.39, 0.29) is 12.3 Å². The summed E-state index contributed by atoms with van der Waals surface area (Å²) in [5.41, 5.74) is 0.593. The molecule has 1 aromatic carbocycles. The van der Waals surface area contributed by atoms with Crippen molar-refractivity contribution in [3.63, 3.8) is 0 Å². The van der Waals surface area contributed by atoms with Gasteiger partial charge in [-0.25, -0.2) is 0 Å². The van der Waals surface area contributed by atoms with Gasteiger partial charge in [0.2, 0.25) is 5.13 Å². The van der Waals surface area contributed by atoms with Crippen molar-refractivity contribution in [3.8, 4) is 11.5 Å². The van der Waals surface area contributed by atoms with Crippen molar-refractivity contribution in [2.75, 3.05) is 25.1 Å². The molecule has 0 fully saturated rings. The van der Waals surface area contributed by atoms with E-state index in [4.69, 9.17) is 9.47 Å². The zero-order valence-corrected chi connectivity index (χ0v) is 13.1. The van der Waals surface area contributed by atoms with Crippen LogP contribution in [0.5, 0.6) is 11.5 Å². The maximum absolute atomic E-state index is 12.2. The summed E-state index contributed by atoms with van der Waals surface area (Å²) in [6.07, 6.45) is 1.94. The van der Waals surface area contributed by atoms with Crippen LogP contribution in [0.4, 0.5) is 5.13 Å². The number of Topliss-reactive ketones (excluding diaryl/α,β-unsaturated/α-hetero) is 1. The predicted molar refractivity (Wildman–Crippen MR) is 84.2 cm³/mol. The Morgan fingerprint density at radius 3 is 2.91 bits per heavy atom. The van der Waals surface area contributed by atoms with Gasteiger partial charge in [-0.1, -0.05) is 18.3 Å². The van der Waals surface area contributed by atoms with Crippen LogP contribution in [0.2, 0.25) is 0 Å². The van der Waals surface area contributed by atoms with Crippen LogP contribution in [0.3, 0.4) is 0 Å². The number of fused-ring (bicyclic) bond motifs is 1. The summed E-state index contributed by atoms with van der Waals surface area (Å²) in [5.74, 6) is 1.28. The fourth-order valence-electron chi connectivity index (χ4n) is 2.11. The first-order chi connectivity index (χ1) is 10.8. The molecule has 6 nitrogen and oxygen atoms in total. The van der Waals surface area contributed by atoms with Crippen LogP contribution in [-0.2, 0) is 6.42 Å². The van der Waals surface area contributed by atoms with Gasteiger partial charge in [0, 0.05) is 12.0 Å². The van der Waals surface area contributed by atoms with Crippen molar-refractivity contribution in [1.82, 2.24) is 10.2 Å². The molecule has 3 rings (SSSR count). The van der Waals surface area contributed by atoms with Crippen LogP contribution in [0.1, 0.15) is 28.7 Å². The van der Waals surface area contributed by atoms with Crippen molar-refractivity contribution in [1.29, 1.82) is 0 Å². The van der Waals surface area contributed by atoms with E-state index in [1.54, 1.807) is 18.2 Å². The highest BCUT2D eigenvalue weighted by molar-refractivity contribution is 7.15. The quantitative estimate of drug-likeness (QED) is 0.825. The van der Waals surface area contributed by atoms with E-state index in [2.05, 4.69) is 22.4 Å². The fourth-order valence-corrected chi connectivity index (χ4v) is 2.95. The molecule has 1 aliphatic rings. The molecule has 1 aliphatic heterocycles. The van der Waals surface area contributed by atoms with E-state index < -0.39 is 0 Å². The van der Waals surface area contributed by atoms with Crippen molar-refractivity contribution in [2.45, 2.75) is 19.8 Å². The third-order valence-electron chi connectivity index (χ3n) is 3.20. The molecular weight excluding hydrogens is 302 g/mol. The van der Waals surface area contributed by atoms with Gasteiger partial charge in [0.15, 0.2) is 17.3 Å². The highest BCUT2D eigenvalue weighted by atomic mass is 32.1. The molecule has 0 radical (unpaired) electrons. The summed E-state index contributed by atoms with van der Waals surface area (Å²) in [7, 11) is 0. The molecule has 0 unspecified atom stereocenters. The van der Waals surface area contributed by atoms with Crippen LogP contribution in [0.25, 0.3) is 0 Å². The second-order valence-corrected chi connectivity index (χ2v) is 5.95. The number of ether oxygens (including phenoxy) is 2. The van der Waals surface area contributed by atoms with Gasteiger partial charge in [0.25, 0.3) is 0 Å². The lowest BCUT2D eigenvalue weighted by molar-refractivity contribution is 0.100. The number of rotatable bonds is 6. The standard InChI is InChI=1S/C15H17N3O3S/c1-2-3-14-17-18-15(22-14)16-9-11(19)10-4-5-12-13(8-10)21-7-6-20-12/h4-5,8H,2-3,6-7,9H2,1H3,(H,16,18). The number of anilines is 1. The molecule has 0 aliphatic carbocycles. The van der Waals surface area contributed by atoms with Crippen molar-refractivity contribution in [3.05, 3.63) is 28.8 Å². The Balaban J connectivity index is 1.61. The fraction of sp³-hybridized carbons (Fsp3) is 0.400. The summed E-state index contributed by atoms with van der Waals surface area (Å²) >= 11 is 1.49.